The zero-order valence-electron chi connectivity index (χ0n) is 13.6. The van der Waals surface area contributed by atoms with Crippen LogP contribution in [0.5, 0.6) is 0 Å². The van der Waals surface area contributed by atoms with Crippen molar-refractivity contribution in [1.29, 1.82) is 0 Å². The van der Waals surface area contributed by atoms with E-state index in [0.29, 0.717) is 0 Å². The van der Waals surface area contributed by atoms with E-state index >= 15 is 0 Å². The minimum atomic E-state index is 0.868. The number of rotatable bonds is 4. The van der Waals surface area contributed by atoms with E-state index in [0.717, 1.165) is 17.9 Å². The second kappa shape index (κ2) is 6.76. The Morgan fingerprint density at radius 3 is 2.10 bits per heavy atom. The lowest BCUT2D eigenvalue weighted by atomic mass is 9.83. The molecule has 0 atom stereocenters. The first-order valence-electron chi connectivity index (χ1n) is 8.93. The zero-order chi connectivity index (χ0) is 13.9. The van der Waals surface area contributed by atoms with Crippen molar-refractivity contribution in [2.75, 3.05) is 52.4 Å². The quantitative estimate of drug-likeness (QED) is 0.780. The van der Waals surface area contributed by atoms with Crippen LogP contribution < -0.4 is 0 Å². The highest BCUT2D eigenvalue weighted by Gasteiger charge is 2.32. The van der Waals surface area contributed by atoms with E-state index < -0.39 is 0 Å². The summed E-state index contributed by atoms with van der Waals surface area (Å²) >= 11 is 0. The van der Waals surface area contributed by atoms with E-state index in [1.165, 1.54) is 78.0 Å². The minimum Gasteiger partial charge on any atom is -0.301 e. The molecular weight excluding hydrogens is 246 g/mol. The normalized spacial score (nSPS) is 35.1. The lowest BCUT2D eigenvalue weighted by molar-refractivity contribution is 0.00361. The molecule has 0 aromatic rings. The van der Waals surface area contributed by atoms with Gasteiger partial charge in [-0.25, -0.2) is 0 Å². The summed E-state index contributed by atoms with van der Waals surface area (Å²) in [6.07, 6.45) is 5.91. The van der Waals surface area contributed by atoms with Crippen LogP contribution >= 0.6 is 0 Å². The summed E-state index contributed by atoms with van der Waals surface area (Å²) in [6, 6.07) is 0.868. The smallest absolute Gasteiger partial charge is 0.0351 e. The molecule has 0 N–H and O–H groups in total. The van der Waals surface area contributed by atoms with Gasteiger partial charge in [0.2, 0.25) is 0 Å². The second-order valence-corrected chi connectivity index (χ2v) is 7.47. The molecule has 0 amide bonds. The Hall–Kier alpha value is -0.120. The summed E-state index contributed by atoms with van der Waals surface area (Å²) in [4.78, 5) is 8.04. The molecule has 0 aromatic heterocycles. The first-order chi connectivity index (χ1) is 9.74. The third kappa shape index (κ3) is 3.55. The first-order valence-corrected chi connectivity index (χ1v) is 8.93. The molecule has 3 heteroatoms. The van der Waals surface area contributed by atoms with Gasteiger partial charge in [-0.15, -0.1) is 0 Å². The van der Waals surface area contributed by atoms with Crippen molar-refractivity contribution in [3.05, 3.63) is 0 Å². The van der Waals surface area contributed by atoms with Gasteiger partial charge >= 0.3 is 0 Å². The Morgan fingerprint density at radius 2 is 1.50 bits per heavy atom. The SMILES string of the molecule is CCN1CC(N2CCN(CC3CCC(C)CC3)CC2)C1. The maximum atomic E-state index is 2.74. The maximum Gasteiger partial charge on any atom is 0.0351 e. The summed E-state index contributed by atoms with van der Waals surface area (Å²) in [6.45, 7) is 15.2. The van der Waals surface area contributed by atoms with Crippen molar-refractivity contribution in [2.45, 2.75) is 45.6 Å². The maximum absolute atomic E-state index is 2.74. The number of likely N-dealkylation sites (N-methyl/N-ethyl adjacent to an activating group) is 1. The number of hydrogen-bond acceptors (Lipinski definition) is 3. The molecule has 0 aromatic carbocycles. The van der Waals surface area contributed by atoms with Crippen LogP contribution in [-0.4, -0.2) is 73.1 Å². The van der Waals surface area contributed by atoms with Crippen molar-refractivity contribution < 1.29 is 0 Å². The molecule has 3 nitrogen and oxygen atoms in total. The summed E-state index contributed by atoms with van der Waals surface area (Å²) in [7, 11) is 0. The van der Waals surface area contributed by atoms with Crippen LogP contribution in [0, 0.1) is 11.8 Å². The van der Waals surface area contributed by atoms with Crippen LogP contribution in [0.15, 0.2) is 0 Å². The number of hydrogen-bond donors (Lipinski definition) is 0. The van der Waals surface area contributed by atoms with Gasteiger partial charge < -0.3 is 9.80 Å². The lowest BCUT2D eigenvalue weighted by Gasteiger charge is -2.48. The van der Waals surface area contributed by atoms with Crippen LogP contribution in [0.3, 0.4) is 0 Å². The highest BCUT2D eigenvalue weighted by molar-refractivity contribution is 4.90. The number of nitrogens with zero attached hydrogens (tertiary/aromatic N) is 3. The first kappa shape index (κ1) is 14.8. The Labute approximate surface area is 125 Å². The van der Waals surface area contributed by atoms with E-state index in [9.17, 15) is 0 Å². The van der Waals surface area contributed by atoms with Crippen molar-refractivity contribution >= 4 is 0 Å². The van der Waals surface area contributed by atoms with Gasteiger partial charge in [0.25, 0.3) is 0 Å². The fourth-order valence-corrected chi connectivity index (χ4v) is 4.22. The Balaban J connectivity index is 1.34. The third-order valence-electron chi connectivity index (χ3n) is 5.96. The van der Waals surface area contributed by atoms with Crippen molar-refractivity contribution in [1.82, 2.24) is 14.7 Å². The summed E-state index contributed by atoms with van der Waals surface area (Å²) in [5.74, 6) is 1.99. The highest BCUT2D eigenvalue weighted by Crippen LogP contribution is 2.29. The monoisotopic (exact) mass is 279 g/mol. The molecule has 116 valence electrons. The van der Waals surface area contributed by atoms with Gasteiger partial charge in [-0.05, 0) is 31.2 Å². The Morgan fingerprint density at radius 1 is 0.850 bits per heavy atom. The van der Waals surface area contributed by atoms with Crippen molar-refractivity contribution in [2.24, 2.45) is 11.8 Å². The summed E-state index contributed by atoms with van der Waals surface area (Å²) < 4.78 is 0. The molecule has 2 aliphatic heterocycles. The zero-order valence-corrected chi connectivity index (χ0v) is 13.6. The predicted octanol–water partition coefficient (Wildman–Crippen LogP) is 2.13. The molecule has 0 bridgehead atoms. The van der Waals surface area contributed by atoms with Gasteiger partial charge in [0.15, 0.2) is 0 Å². The molecule has 0 spiro atoms. The minimum absolute atomic E-state index is 0.868. The Kier molecular flexibility index (Phi) is 5.00. The van der Waals surface area contributed by atoms with Gasteiger partial charge in [0, 0.05) is 51.9 Å². The average Bonchev–Trinajstić information content (AvgIpc) is 2.42. The van der Waals surface area contributed by atoms with E-state index in [1.807, 2.05) is 0 Å². The lowest BCUT2D eigenvalue weighted by Crippen LogP contribution is -2.63. The molecule has 3 rings (SSSR count). The van der Waals surface area contributed by atoms with E-state index in [-0.39, 0.29) is 0 Å². The predicted molar refractivity (Wildman–Crippen MR) is 85.0 cm³/mol. The molecule has 2 heterocycles. The van der Waals surface area contributed by atoms with Crippen LogP contribution in [0.2, 0.25) is 0 Å². The van der Waals surface area contributed by atoms with E-state index in [2.05, 4.69) is 28.5 Å². The van der Waals surface area contributed by atoms with Crippen LogP contribution in [0.25, 0.3) is 0 Å². The van der Waals surface area contributed by atoms with Crippen LogP contribution in [-0.2, 0) is 0 Å². The topological polar surface area (TPSA) is 9.72 Å². The highest BCUT2D eigenvalue weighted by atomic mass is 15.3. The van der Waals surface area contributed by atoms with Gasteiger partial charge in [-0.1, -0.05) is 26.7 Å². The molecule has 3 aliphatic rings. The average molecular weight is 279 g/mol. The third-order valence-corrected chi connectivity index (χ3v) is 5.96. The molecule has 1 aliphatic carbocycles. The fourth-order valence-electron chi connectivity index (χ4n) is 4.22. The van der Waals surface area contributed by atoms with Crippen molar-refractivity contribution in [3.8, 4) is 0 Å². The molecule has 20 heavy (non-hydrogen) atoms. The fraction of sp³-hybridized carbons (Fsp3) is 1.00. The molecule has 2 saturated heterocycles. The van der Waals surface area contributed by atoms with Gasteiger partial charge in [-0.3, -0.25) is 4.90 Å². The number of likely N-dealkylation sites (tertiary alicyclic amines) is 1. The molecule has 0 unspecified atom stereocenters. The molecule has 3 fully saturated rings. The van der Waals surface area contributed by atoms with Crippen LogP contribution in [0.1, 0.15) is 39.5 Å². The summed E-state index contributed by atoms with van der Waals surface area (Å²) in [5, 5.41) is 0. The van der Waals surface area contributed by atoms with Gasteiger partial charge in [-0.2, -0.15) is 0 Å². The standard InChI is InChI=1S/C17H33N3/c1-3-18-13-17(14-18)20-10-8-19(9-11-20)12-16-6-4-15(2)5-7-16/h15-17H,3-14H2,1-2H3. The molecular formula is C17H33N3. The molecule has 1 saturated carbocycles. The number of piperazine rings is 1. The van der Waals surface area contributed by atoms with Gasteiger partial charge in [0.05, 0.1) is 0 Å². The molecule has 0 radical (unpaired) electrons. The Bertz CT molecular complexity index is 285. The van der Waals surface area contributed by atoms with E-state index in [4.69, 9.17) is 0 Å². The van der Waals surface area contributed by atoms with Crippen LogP contribution in [0.4, 0.5) is 0 Å². The summed E-state index contributed by atoms with van der Waals surface area (Å²) in [5.41, 5.74) is 0. The largest absolute Gasteiger partial charge is 0.301 e. The second-order valence-electron chi connectivity index (χ2n) is 7.47. The van der Waals surface area contributed by atoms with Crippen molar-refractivity contribution in [3.63, 3.8) is 0 Å². The van der Waals surface area contributed by atoms with Gasteiger partial charge in [0.1, 0.15) is 0 Å². The van der Waals surface area contributed by atoms with E-state index in [1.54, 1.807) is 0 Å².